The summed E-state index contributed by atoms with van der Waals surface area (Å²) in [6, 6.07) is 15.9. The van der Waals surface area contributed by atoms with Crippen LogP contribution in [0.1, 0.15) is 15.9 Å². The van der Waals surface area contributed by atoms with Gasteiger partial charge in [-0.3, -0.25) is 4.79 Å². The van der Waals surface area contributed by atoms with Crippen molar-refractivity contribution in [2.24, 2.45) is 0 Å². The standard InChI is InChI=1S/C16H15NO4/c18-15(19)11-21-14-8-6-12(7-9-14)10-17-16(20)13-4-2-1-3-5-13/h1-9H,10-11H2,(H,17,20)(H,18,19). The molecule has 2 aromatic rings. The van der Waals surface area contributed by atoms with Gasteiger partial charge in [0.2, 0.25) is 0 Å². The number of carboxylic acid groups (broad SMARTS) is 1. The van der Waals surface area contributed by atoms with E-state index in [0.29, 0.717) is 17.9 Å². The highest BCUT2D eigenvalue weighted by atomic mass is 16.5. The first-order chi connectivity index (χ1) is 10.1. The third kappa shape index (κ3) is 4.65. The first kappa shape index (κ1) is 14.6. The summed E-state index contributed by atoms with van der Waals surface area (Å²) >= 11 is 0. The van der Waals surface area contributed by atoms with Crippen LogP contribution in [0.2, 0.25) is 0 Å². The molecule has 0 aromatic heterocycles. The van der Waals surface area contributed by atoms with Crippen molar-refractivity contribution in [2.45, 2.75) is 6.54 Å². The van der Waals surface area contributed by atoms with E-state index in [4.69, 9.17) is 9.84 Å². The molecule has 2 rings (SSSR count). The molecule has 21 heavy (non-hydrogen) atoms. The zero-order valence-corrected chi connectivity index (χ0v) is 11.3. The smallest absolute Gasteiger partial charge is 0.341 e. The lowest BCUT2D eigenvalue weighted by Crippen LogP contribution is -2.22. The van der Waals surface area contributed by atoms with E-state index in [-0.39, 0.29) is 12.5 Å². The molecule has 2 aromatic carbocycles. The first-order valence-corrected chi connectivity index (χ1v) is 6.42. The molecule has 0 saturated carbocycles. The number of hydrogen-bond acceptors (Lipinski definition) is 3. The van der Waals surface area contributed by atoms with Crippen molar-refractivity contribution in [3.05, 3.63) is 65.7 Å². The van der Waals surface area contributed by atoms with Crippen LogP contribution in [0, 0.1) is 0 Å². The molecule has 0 fully saturated rings. The molecule has 0 unspecified atom stereocenters. The van der Waals surface area contributed by atoms with Gasteiger partial charge in [0.15, 0.2) is 6.61 Å². The molecule has 0 radical (unpaired) electrons. The predicted molar refractivity (Wildman–Crippen MR) is 77.2 cm³/mol. The Kier molecular flexibility index (Phi) is 4.93. The minimum atomic E-state index is -1.02. The molecule has 0 aliphatic rings. The number of ether oxygens (including phenoxy) is 1. The van der Waals surface area contributed by atoms with Crippen molar-refractivity contribution in [3.63, 3.8) is 0 Å². The molecule has 0 heterocycles. The Morgan fingerprint density at radius 1 is 1.00 bits per heavy atom. The fraction of sp³-hybridized carbons (Fsp3) is 0.125. The Morgan fingerprint density at radius 3 is 2.29 bits per heavy atom. The molecule has 5 nitrogen and oxygen atoms in total. The summed E-state index contributed by atoms with van der Waals surface area (Å²) in [6.45, 7) is 0.0248. The number of amides is 1. The van der Waals surface area contributed by atoms with E-state index >= 15 is 0 Å². The predicted octanol–water partition coefficient (Wildman–Crippen LogP) is 2.08. The SMILES string of the molecule is O=C(O)COc1ccc(CNC(=O)c2ccccc2)cc1. The van der Waals surface area contributed by atoms with Crippen LogP contribution in [0.3, 0.4) is 0 Å². The summed E-state index contributed by atoms with van der Waals surface area (Å²) in [6.07, 6.45) is 0. The third-order valence-electron chi connectivity index (χ3n) is 2.77. The van der Waals surface area contributed by atoms with E-state index in [0.717, 1.165) is 5.56 Å². The Hall–Kier alpha value is -2.82. The molecule has 0 aliphatic carbocycles. The van der Waals surface area contributed by atoms with Crippen LogP contribution in [0.15, 0.2) is 54.6 Å². The average Bonchev–Trinajstić information content (AvgIpc) is 2.52. The molecular formula is C16H15NO4. The van der Waals surface area contributed by atoms with Gasteiger partial charge in [0.05, 0.1) is 0 Å². The zero-order chi connectivity index (χ0) is 15.1. The van der Waals surface area contributed by atoms with Crippen LogP contribution in [-0.2, 0) is 11.3 Å². The Morgan fingerprint density at radius 2 is 1.67 bits per heavy atom. The van der Waals surface area contributed by atoms with Crippen LogP contribution in [-0.4, -0.2) is 23.6 Å². The van der Waals surface area contributed by atoms with E-state index in [9.17, 15) is 9.59 Å². The van der Waals surface area contributed by atoms with Crippen LogP contribution >= 0.6 is 0 Å². The quantitative estimate of drug-likeness (QED) is 0.852. The summed E-state index contributed by atoms with van der Waals surface area (Å²) in [5.41, 5.74) is 1.51. The lowest BCUT2D eigenvalue weighted by Gasteiger charge is -2.07. The van der Waals surface area contributed by atoms with E-state index < -0.39 is 5.97 Å². The number of benzene rings is 2. The molecular weight excluding hydrogens is 270 g/mol. The Balaban J connectivity index is 1.86. The number of carbonyl (C=O) groups is 2. The van der Waals surface area contributed by atoms with Crippen LogP contribution in [0.4, 0.5) is 0 Å². The molecule has 1 amide bonds. The van der Waals surface area contributed by atoms with Crippen molar-refractivity contribution in [2.75, 3.05) is 6.61 Å². The highest BCUT2D eigenvalue weighted by Crippen LogP contribution is 2.12. The van der Waals surface area contributed by atoms with Crippen molar-refractivity contribution < 1.29 is 19.4 Å². The van der Waals surface area contributed by atoms with Crippen molar-refractivity contribution >= 4 is 11.9 Å². The second-order valence-electron chi connectivity index (χ2n) is 4.38. The largest absolute Gasteiger partial charge is 0.482 e. The van der Waals surface area contributed by atoms with E-state index in [1.807, 2.05) is 18.2 Å². The molecule has 2 N–H and O–H groups in total. The van der Waals surface area contributed by atoms with Gasteiger partial charge >= 0.3 is 5.97 Å². The molecule has 0 aliphatic heterocycles. The van der Waals surface area contributed by atoms with Crippen LogP contribution < -0.4 is 10.1 Å². The second-order valence-corrected chi connectivity index (χ2v) is 4.38. The van der Waals surface area contributed by atoms with Gasteiger partial charge in [-0.15, -0.1) is 0 Å². The minimum absolute atomic E-state index is 0.137. The maximum absolute atomic E-state index is 11.9. The molecule has 0 saturated heterocycles. The number of hydrogen-bond donors (Lipinski definition) is 2. The van der Waals surface area contributed by atoms with Crippen molar-refractivity contribution in [1.82, 2.24) is 5.32 Å². The summed E-state index contributed by atoms with van der Waals surface area (Å²) in [4.78, 5) is 22.2. The average molecular weight is 285 g/mol. The van der Waals surface area contributed by atoms with Crippen molar-refractivity contribution in [1.29, 1.82) is 0 Å². The third-order valence-corrected chi connectivity index (χ3v) is 2.77. The van der Waals surface area contributed by atoms with Gasteiger partial charge in [0.1, 0.15) is 5.75 Å². The molecule has 108 valence electrons. The highest BCUT2D eigenvalue weighted by molar-refractivity contribution is 5.94. The lowest BCUT2D eigenvalue weighted by molar-refractivity contribution is -0.139. The number of carbonyl (C=O) groups excluding carboxylic acids is 1. The van der Waals surface area contributed by atoms with Gasteiger partial charge in [-0.2, -0.15) is 0 Å². The molecule has 0 atom stereocenters. The summed E-state index contributed by atoms with van der Waals surface area (Å²) in [5, 5.41) is 11.3. The van der Waals surface area contributed by atoms with E-state index in [1.54, 1.807) is 36.4 Å². The van der Waals surface area contributed by atoms with Gasteiger partial charge < -0.3 is 15.2 Å². The summed E-state index contributed by atoms with van der Waals surface area (Å²) in [7, 11) is 0. The zero-order valence-electron chi connectivity index (χ0n) is 11.3. The van der Waals surface area contributed by atoms with Gasteiger partial charge in [0, 0.05) is 12.1 Å². The lowest BCUT2D eigenvalue weighted by atomic mass is 10.2. The van der Waals surface area contributed by atoms with Gasteiger partial charge in [0.25, 0.3) is 5.91 Å². The number of rotatable bonds is 6. The van der Waals surface area contributed by atoms with E-state index in [1.165, 1.54) is 0 Å². The second kappa shape index (κ2) is 7.09. The molecule has 5 heteroatoms. The fourth-order valence-electron chi connectivity index (χ4n) is 1.72. The number of aliphatic carboxylic acids is 1. The van der Waals surface area contributed by atoms with Crippen LogP contribution in [0.25, 0.3) is 0 Å². The van der Waals surface area contributed by atoms with Gasteiger partial charge in [-0.05, 0) is 29.8 Å². The normalized spacial score (nSPS) is 9.90. The minimum Gasteiger partial charge on any atom is -0.482 e. The first-order valence-electron chi connectivity index (χ1n) is 6.42. The van der Waals surface area contributed by atoms with Gasteiger partial charge in [-0.1, -0.05) is 30.3 Å². The summed E-state index contributed by atoms with van der Waals surface area (Å²) < 4.78 is 5.03. The highest BCUT2D eigenvalue weighted by Gasteiger charge is 2.04. The monoisotopic (exact) mass is 285 g/mol. The van der Waals surface area contributed by atoms with Gasteiger partial charge in [-0.25, -0.2) is 4.79 Å². The maximum atomic E-state index is 11.9. The van der Waals surface area contributed by atoms with E-state index in [2.05, 4.69) is 5.32 Å². The van der Waals surface area contributed by atoms with Crippen molar-refractivity contribution in [3.8, 4) is 5.75 Å². The topological polar surface area (TPSA) is 75.6 Å². The number of nitrogens with one attached hydrogen (secondary N) is 1. The summed E-state index contributed by atoms with van der Waals surface area (Å²) in [5.74, 6) is -0.674. The fourth-order valence-corrected chi connectivity index (χ4v) is 1.72. The molecule has 0 bridgehead atoms. The molecule has 0 spiro atoms. The Labute approximate surface area is 122 Å². The number of carboxylic acids is 1. The Bertz CT molecular complexity index is 608. The van der Waals surface area contributed by atoms with Crippen LogP contribution in [0.5, 0.6) is 5.75 Å². The maximum Gasteiger partial charge on any atom is 0.341 e.